The van der Waals surface area contributed by atoms with Crippen molar-refractivity contribution in [3.8, 4) is 0 Å². The molecule has 0 bridgehead atoms. The van der Waals surface area contributed by atoms with Crippen molar-refractivity contribution < 1.29 is 10.0 Å². The van der Waals surface area contributed by atoms with Crippen molar-refractivity contribution in [3.63, 3.8) is 0 Å². The lowest BCUT2D eigenvalue weighted by Crippen LogP contribution is -2.43. The van der Waals surface area contributed by atoms with Gasteiger partial charge in [-0.2, -0.15) is 0 Å². The second-order valence-electron chi connectivity index (χ2n) is 5.90. The normalized spacial score (nSPS) is 20.0. The molecule has 1 aliphatic rings. The molecule has 114 valence electrons. The van der Waals surface area contributed by atoms with E-state index in [9.17, 15) is 4.79 Å². The van der Waals surface area contributed by atoms with Crippen molar-refractivity contribution in [2.45, 2.75) is 39.2 Å². The molecule has 1 aromatic carbocycles. The Morgan fingerprint density at radius 1 is 1.43 bits per heavy atom. The average Bonchev–Trinajstić information content (AvgIpc) is 2.47. The van der Waals surface area contributed by atoms with Crippen LogP contribution in [0.5, 0.6) is 0 Å². The maximum Gasteiger partial charge on any atom is 0.231 e. The van der Waals surface area contributed by atoms with Crippen molar-refractivity contribution in [1.82, 2.24) is 5.32 Å². The zero-order valence-electron chi connectivity index (χ0n) is 12.5. The molecule has 1 aromatic rings. The summed E-state index contributed by atoms with van der Waals surface area (Å²) in [4.78, 5) is 12.5. The molecule has 2 atom stereocenters. The topological polar surface area (TPSA) is 87.7 Å². The van der Waals surface area contributed by atoms with Gasteiger partial charge in [-0.15, -0.1) is 0 Å². The Bertz CT molecular complexity index is 540. The second kappa shape index (κ2) is 6.61. The summed E-state index contributed by atoms with van der Waals surface area (Å²) in [5.41, 5.74) is 8.13. The first-order chi connectivity index (χ1) is 10.0. The van der Waals surface area contributed by atoms with Gasteiger partial charge in [0.2, 0.25) is 5.91 Å². The average molecular weight is 289 g/mol. The minimum Gasteiger partial charge on any atom is -0.409 e. The first-order valence-electron chi connectivity index (χ1n) is 7.40. The van der Waals surface area contributed by atoms with E-state index in [0.29, 0.717) is 0 Å². The van der Waals surface area contributed by atoms with Gasteiger partial charge in [0.05, 0.1) is 6.04 Å². The number of hydrogen-bond acceptors (Lipinski definition) is 3. The van der Waals surface area contributed by atoms with Gasteiger partial charge < -0.3 is 16.3 Å². The van der Waals surface area contributed by atoms with Crippen LogP contribution in [0.1, 0.15) is 43.9 Å². The molecule has 0 radical (unpaired) electrons. The van der Waals surface area contributed by atoms with Gasteiger partial charge in [0, 0.05) is 0 Å². The number of amides is 1. The first-order valence-corrected chi connectivity index (χ1v) is 7.40. The predicted octanol–water partition coefficient (Wildman–Crippen LogP) is 2.20. The molecular weight excluding hydrogens is 266 g/mol. The number of benzene rings is 1. The van der Waals surface area contributed by atoms with Crippen molar-refractivity contribution >= 4 is 11.7 Å². The zero-order chi connectivity index (χ0) is 15.4. The van der Waals surface area contributed by atoms with E-state index in [-0.39, 0.29) is 23.7 Å². The molecule has 0 aromatic heterocycles. The van der Waals surface area contributed by atoms with E-state index in [0.717, 1.165) is 19.3 Å². The third-order valence-electron chi connectivity index (χ3n) is 4.07. The lowest BCUT2D eigenvalue weighted by Gasteiger charge is -2.28. The standard InChI is InChI=1S/C16H23N3O2/c1-10(2)14(15(17)19-21)16(20)18-13-9-5-7-11-6-3-4-8-12(11)13/h3-4,6,8,10,13-14,21H,5,7,9H2,1-2H3,(H2,17,19)(H,18,20). The SMILES string of the molecule is CC(C)C(C(=O)NC1CCCc2ccccc21)C(N)=NO. The minimum absolute atomic E-state index is 0.00944. The van der Waals surface area contributed by atoms with Crippen molar-refractivity contribution in [2.24, 2.45) is 22.7 Å². The van der Waals surface area contributed by atoms with Crippen LogP contribution < -0.4 is 11.1 Å². The van der Waals surface area contributed by atoms with Gasteiger partial charge in [-0.25, -0.2) is 0 Å². The predicted molar refractivity (Wildman–Crippen MR) is 82.0 cm³/mol. The molecule has 0 aliphatic heterocycles. The quantitative estimate of drug-likeness (QED) is 0.343. The Morgan fingerprint density at radius 2 is 2.14 bits per heavy atom. The molecule has 4 N–H and O–H groups in total. The molecule has 2 rings (SSSR count). The van der Waals surface area contributed by atoms with Crippen LogP contribution in [-0.2, 0) is 11.2 Å². The van der Waals surface area contributed by atoms with Gasteiger partial charge in [0.1, 0.15) is 5.92 Å². The number of hydrogen-bond donors (Lipinski definition) is 3. The zero-order valence-corrected chi connectivity index (χ0v) is 12.5. The molecule has 21 heavy (non-hydrogen) atoms. The molecule has 1 aliphatic carbocycles. The second-order valence-corrected chi connectivity index (χ2v) is 5.90. The summed E-state index contributed by atoms with van der Waals surface area (Å²) < 4.78 is 0. The summed E-state index contributed by atoms with van der Waals surface area (Å²) in [6.07, 6.45) is 3.03. The number of aryl methyl sites for hydroxylation is 1. The van der Waals surface area contributed by atoms with Crippen LogP contribution in [0.25, 0.3) is 0 Å². The highest BCUT2D eigenvalue weighted by atomic mass is 16.4. The number of nitrogens with one attached hydrogen (secondary N) is 1. The summed E-state index contributed by atoms with van der Waals surface area (Å²) in [6, 6.07) is 8.20. The number of carbonyl (C=O) groups excluding carboxylic acids is 1. The highest BCUT2D eigenvalue weighted by molar-refractivity contribution is 6.02. The fourth-order valence-corrected chi connectivity index (χ4v) is 3.01. The summed E-state index contributed by atoms with van der Waals surface area (Å²) in [7, 11) is 0. The van der Waals surface area contributed by atoms with Gasteiger partial charge in [-0.05, 0) is 36.3 Å². The summed E-state index contributed by atoms with van der Waals surface area (Å²) >= 11 is 0. The van der Waals surface area contributed by atoms with Crippen LogP contribution in [0.3, 0.4) is 0 Å². The van der Waals surface area contributed by atoms with Crippen LogP contribution >= 0.6 is 0 Å². The first kappa shape index (κ1) is 15.4. The van der Waals surface area contributed by atoms with Gasteiger partial charge in [0.15, 0.2) is 5.84 Å². The van der Waals surface area contributed by atoms with Gasteiger partial charge in [-0.1, -0.05) is 43.3 Å². The molecule has 0 fully saturated rings. The van der Waals surface area contributed by atoms with Gasteiger partial charge in [0.25, 0.3) is 0 Å². The van der Waals surface area contributed by atoms with Crippen molar-refractivity contribution in [2.75, 3.05) is 0 Å². The van der Waals surface area contributed by atoms with E-state index in [1.807, 2.05) is 26.0 Å². The lowest BCUT2D eigenvalue weighted by molar-refractivity contribution is -0.125. The molecule has 0 saturated carbocycles. The van der Waals surface area contributed by atoms with Crippen molar-refractivity contribution in [3.05, 3.63) is 35.4 Å². The molecule has 1 amide bonds. The Hall–Kier alpha value is -2.04. The number of carbonyl (C=O) groups is 1. The maximum absolute atomic E-state index is 12.5. The number of oxime groups is 1. The van der Waals surface area contributed by atoms with E-state index in [1.54, 1.807) is 0 Å². The molecule has 5 heteroatoms. The third-order valence-corrected chi connectivity index (χ3v) is 4.07. The van der Waals surface area contributed by atoms with Crippen LogP contribution in [0.15, 0.2) is 29.4 Å². The molecule has 2 unspecified atom stereocenters. The molecule has 0 spiro atoms. The fourth-order valence-electron chi connectivity index (χ4n) is 3.01. The van der Waals surface area contributed by atoms with E-state index in [4.69, 9.17) is 10.9 Å². The Morgan fingerprint density at radius 3 is 2.81 bits per heavy atom. The van der Waals surface area contributed by atoms with E-state index >= 15 is 0 Å². The number of amidine groups is 1. The fraction of sp³-hybridized carbons (Fsp3) is 0.500. The monoisotopic (exact) mass is 289 g/mol. The third kappa shape index (κ3) is 3.35. The van der Waals surface area contributed by atoms with E-state index < -0.39 is 5.92 Å². The number of nitrogens with two attached hydrogens (primary N) is 1. The minimum atomic E-state index is -0.607. The van der Waals surface area contributed by atoms with Crippen LogP contribution in [0, 0.1) is 11.8 Å². The number of rotatable bonds is 4. The summed E-state index contributed by atoms with van der Waals surface area (Å²) in [5, 5.41) is 14.9. The lowest BCUT2D eigenvalue weighted by atomic mass is 9.86. The highest BCUT2D eigenvalue weighted by Crippen LogP contribution is 2.30. The van der Waals surface area contributed by atoms with E-state index in [1.165, 1.54) is 11.1 Å². The number of fused-ring (bicyclic) bond motifs is 1. The molecule has 0 heterocycles. The molecular formula is C16H23N3O2. The summed E-state index contributed by atoms with van der Waals surface area (Å²) in [6.45, 7) is 3.77. The Labute approximate surface area is 125 Å². The van der Waals surface area contributed by atoms with Crippen LogP contribution in [0.4, 0.5) is 0 Å². The van der Waals surface area contributed by atoms with Crippen LogP contribution in [0.2, 0.25) is 0 Å². The summed E-state index contributed by atoms with van der Waals surface area (Å²) in [5.74, 6) is -0.850. The van der Waals surface area contributed by atoms with Gasteiger partial charge >= 0.3 is 0 Å². The Kier molecular flexibility index (Phi) is 4.83. The largest absolute Gasteiger partial charge is 0.409 e. The van der Waals surface area contributed by atoms with Crippen molar-refractivity contribution in [1.29, 1.82) is 0 Å². The van der Waals surface area contributed by atoms with Crippen LogP contribution in [-0.4, -0.2) is 17.0 Å². The smallest absolute Gasteiger partial charge is 0.231 e. The van der Waals surface area contributed by atoms with E-state index in [2.05, 4.69) is 22.6 Å². The maximum atomic E-state index is 12.5. The number of nitrogens with zero attached hydrogens (tertiary/aromatic N) is 1. The highest BCUT2D eigenvalue weighted by Gasteiger charge is 2.30. The molecule has 0 saturated heterocycles. The Balaban J connectivity index is 2.17. The van der Waals surface area contributed by atoms with Gasteiger partial charge in [-0.3, -0.25) is 4.79 Å². The molecule has 5 nitrogen and oxygen atoms in total.